The molecule has 0 saturated carbocycles. The third-order valence-electron chi connectivity index (χ3n) is 4.63. The summed E-state index contributed by atoms with van der Waals surface area (Å²) in [6.07, 6.45) is 3.03. The van der Waals surface area contributed by atoms with Gasteiger partial charge in [0, 0.05) is 35.6 Å². The van der Waals surface area contributed by atoms with E-state index in [1.165, 1.54) is 6.20 Å². The average Bonchev–Trinajstić information content (AvgIpc) is 2.71. The minimum Gasteiger partial charge on any atom is -0.487 e. The zero-order valence-corrected chi connectivity index (χ0v) is 20.7. The summed E-state index contributed by atoms with van der Waals surface area (Å²) in [6, 6.07) is 9.18. The van der Waals surface area contributed by atoms with Gasteiger partial charge >= 0.3 is 0 Å². The largest absolute Gasteiger partial charge is 0.487 e. The first-order chi connectivity index (χ1) is 14.0. The van der Waals surface area contributed by atoms with E-state index in [-0.39, 0.29) is 30.6 Å². The van der Waals surface area contributed by atoms with Gasteiger partial charge < -0.3 is 20.7 Å². The SMILES string of the molecule is CCN(CCOc1cccnc1F)CCN1C(C(N)=O)=CNc2cc(I)ccc21.Cl.Cl. The number of carbonyl (C=O) groups is 1. The highest BCUT2D eigenvalue weighted by atomic mass is 127. The molecule has 7 nitrogen and oxygen atoms in total. The number of hydrogen-bond donors (Lipinski definition) is 2. The fourth-order valence-corrected chi connectivity index (χ4v) is 3.58. The molecule has 170 valence electrons. The Labute approximate surface area is 207 Å². The van der Waals surface area contributed by atoms with Gasteiger partial charge in [-0.25, -0.2) is 4.98 Å². The lowest BCUT2D eigenvalue weighted by molar-refractivity contribution is -0.114. The Morgan fingerprint density at radius 2 is 2.10 bits per heavy atom. The van der Waals surface area contributed by atoms with E-state index in [4.69, 9.17) is 10.5 Å². The highest BCUT2D eigenvalue weighted by Gasteiger charge is 2.24. The van der Waals surface area contributed by atoms with E-state index >= 15 is 0 Å². The maximum atomic E-state index is 13.6. The number of nitrogens with zero attached hydrogens (tertiary/aromatic N) is 3. The number of ether oxygens (including phenoxy) is 1. The average molecular weight is 584 g/mol. The van der Waals surface area contributed by atoms with Crippen LogP contribution in [0.25, 0.3) is 0 Å². The van der Waals surface area contributed by atoms with Crippen LogP contribution in [0.2, 0.25) is 0 Å². The Kier molecular flexibility index (Phi) is 11.3. The Hall–Kier alpha value is -1.82. The van der Waals surface area contributed by atoms with E-state index in [0.29, 0.717) is 31.9 Å². The van der Waals surface area contributed by atoms with Gasteiger partial charge in [0.15, 0.2) is 5.75 Å². The standard InChI is InChI=1S/C20H23FIN5O2.2ClH/c1-2-26(10-11-29-18-4-3-7-24-19(18)21)8-9-27-16-6-5-14(22)12-15(16)25-13-17(27)20(23)28;;/h3-7,12-13,25H,2,8-11H2,1H3,(H2,23,28);2*1H. The molecule has 3 N–H and O–H groups in total. The predicted molar refractivity (Wildman–Crippen MR) is 134 cm³/mol. The van der Waals surface area contributed by atoms with Crippen LogP contribution in [0, 0.1) is 9.52 Å². The summed E-state index contributed by atoms with van der Waals surface area (Å²) in [4.78, 5) is 19.6. The molecule has 0 bridgehead atoms. The maximum absolute atomic E-state index is 13.6. The van der Waals surface area contributed by atoms with Crippen LogP contribution in [0.4, 0.5) is 15.8 Å². The van der Waals surface area contributed by atoms with Crippen LogP contribution >= 0.6 is 47.4 Å². The van der Waals surface area contributed by atoms with E-state index in [9.17, 15) is 9.18 Å². The van der Waals surface area contributed by atoms with Crippen molar-refractivity contribution in [1.29, 1.82) is 0 Å². The topological polar surface area (TPSA) is 83.7 Å². The van der Waals surface area contributed by atoms with Crippen molar-refractivity contribution in [2.45, 2.75) is 6.92 Å². The number of nitrogens with two attached hydrogens (primary N) is 1. The van der Waals surface area contributed by atoms with Crippen molar-refractivity contribution >= 4 is 64.7 Å². The highest BCUT2D eigenvalue weighted by Crippen LogP contribution is 2.33. The number of primary amides is 1. The Bertz CT molecular complexity index is 919. The molecule has 0 spiro atoms. The third-order valence-corrected chi connectivity index (χ3v) is 5.31. The molecule has 1 aromatic heterocycles. The van der Waals surface area contributed by atoms with E-state index < -0.39 is 11.9 Å². The zero-order chi connectivity index (χ0) is 20.8. The van der Waals surface area contributed by atoms with E-state index in [1.54, 1.807) is 18.3 Å². The number of anilines is 2. The molecule has 1 aliphatic rings. The number of nitrogens with one attached hydrogen (secondary N) is 1. The molecule has 1 amide bonds. The fourth-order valence-electron chi connectivity index (χ4n) is 3.09. The number of benzene rings is 1. The summed E-state index contributed by atoms with van der Waals surface area (Å²) in [7, 11) is 0. The molecule has 2 aromatic rings. The maximum Gasteiger partial charge on any atom is 0.266 e. The van der Waals surface area contributed by atoms with Crippen LogP contribution in [-0.2, 0) is 4.79 Å². The first kappa shape index (κ1) is 27.2. The minimum absolute atomic E-state index is 0. The number of fused-ring (bicyclic) bond motifs is 1. The van der Waals surface area contributed by atoms with Crippen LogP contribution in [-0.4, -0.2) is 48.6 Å². The lowest BCUT2D eigenvalue weighted by Crippen LogP contribution is -2.41. The van der Waals surface area contributed by atoms with E-state index in [0.717, 1.165) is 21.5 Å². The number of rotatable bonds is 9. The second kappa shape index (κ2) is 12.9. The van der Waals surface area contributed by atoms with Crippen LogP contribution in [0.5, 0.6) is 5.75 Å². The molecule has 0 unspecified atom stereocenters. The molecule has 0 saturated heterocycles. The summed E-state index contributed by atoms with van der Waals surface area (Å²) >= 11 is 2.25. The smallest absolute Gasteiger partial charge is 0.266 e. The van der Waals surface area contributed by atoms with E-state index in [1.807, 2.05) is 30.0 Å². The number of aromatic nitrogens is 1. The van der Waals surface area contributed by atoms with Gasteiger partial charge in [0.25, 0.3) is 11.9 Å². The van der Waals surface area contributed by atoms with Gasteiger partial charge in [-0.2, -0.15) is 4.39 Å². The fraction of sp³-hybridized carbons (Fsp3) is 0.300. The van der Waals surface area contributed by atoms with Crippen molar-refractivity contribution in [3.8, 4) is 5.75 Å². The van der Waals surface area contributed by atoms with Gasteiger partial charge in [-0.1, -0.05) is 6.92 Å². The Balaban J connectivity index is 0.00000240. The number of hydrogen-bond acceptors (Lipinski definition) is 6. The monoisotopic (exact) mass is 583 g/mol. The van der Waals surface area contributed by atoms with Crippen LogP contribution in [0.15, 0.2) is 48.4 Å². The summed E-state index contributed by atoms with van der Waals surface area (Å²) in [5.41, 5.74) is 7.84. The molecule has 3 rings (SSSR count). The Morgan fingerprint density at radius 1 is 1.32 bits per heavy atom. The first-order valence-electron chi connectivity index (χ1n) is 9.29. The normalized spacial score (nSPS) is 12.1. The molecule has 0 atom stereocenters. The van der Waals surface area contributed by atoms with Crippen LogP contribution in [0.1, 0.15) is 6.92 Å². The van der Waals surface area contributed by atoms with Gasteiger partial charge in [0.05, 0.1) is 11.4 Å². The molecular formula is C20H25Cl2FIN5O2. The molecule has 1 aromatic carbocycles. The van der Waals surface area contributed by atoms with Gasteiger partial charge in [-0.15, -0.1) is 24.8 Å². The molecular weight excluding hydrogens is 559 g/mol. The minimum atomic E-state index is -0.612. The summed E-state index contributed by atoms with van der Waals surface area (Å²) in [5, 5.41) is 3.14. The van der Waals surface area contributed by atoms with Crippen LogP contribution in [0.3, 0.4) is 0 Å². The molecule has 2 heterocycles. The summed E-state index contributed by atoms with van der Waals surface area (Å²) in [6.45, 7) is 5.06. The second-order valence-electron chi connectivity index (χ2n) is 6.43. The number of carbonyl (C=O) groups excluding carboxylic acids is 1. The number of amides is 1. The molecule has 31 heavy (non-hydrogen) atoms. The van der Waals surface area contributed by atoms with Crippen molar-refractivity contribution in [2.75, 3.05) is 43.0 Å². The van der Waals surface area contributed by atoms with E-state index in [2.05, 4.69) is 37.8 Å². The van der Waals surface area contributed by atoms with Crippen molar-refractivity contribution in [3.05, 3.63) is 57.9 Å². The third kappa shape index (κ3) is 7.09. The first-order valence-corrected chi connectivity index (χ1v) is 10.4. The van der Waals surface area contributed by atoms with Crippen LogP contribution < -0.4 is 20.7 Å². The summed E-state index contributed by atoms with van der Waals surface area (Å²) < 4.78 is 20.2. The van der Waals surface area contributed by atoms with Crippen molar-refractivity contribution in [3.63, 3.8) is 0 Å². The Morgan fingerprint density at radius 3 is 2.77 bits per heavy atom. The van der Waals surface area contributed by atoms with Gasteiger partial charge in [-0.05, 0) is 59.5 Å². The zero-order valence-electron chi connectivity index (χ0n) is 16.9. The van der Waals surface area contributed by atoms with Crippen molar-refractivity contribution in [2.24, 2.45) is 5.73 Å². The quantitative estimate of drug-likeness (QED) is 0.346. The lowest BCUT2D eigenvalue weighted by atomic mass is 10.1. The van der Waals surface area contributed by atoms with Gasteiger partial charge in [-0.3, -0.25) is 9.69 Å². The predicted octanol–water partition coefficient (Wildman–Crippen LogP) is 3.63. The molecule has 1 aliphatic heterocycles. The molecule has 0 radical (unpaired) electrons. The summed E-state index contributed by atoms with van der Waals surface area (Å²) in [5.74, 6) is -0.952. The second-order valence-corrected chi connectivity index (χ2v) is 7.67. The number of likely N-dealkylation sites (N-methyl/N-ethyl adjacent to an activating group) is 1. The molecule has 0 fully saturated rings. The molecule has 0 aliphatic carbocycles. The van der Waals surface area contributed by atoms with Gasteiger partial charge in [0.1, 0.15) is 12.3 Å². The van der Waals surface area contributed by atoms with Crippen molar-refractivity contribution in [1.82, 2.24) is 9.88 Å². The van der Waals surface area contributed by atoms with Gasteiger partial charge in [0.2, 0.25) is 0 Å². The number of pyridine rings is 1. The number of halogens is 4. The van der Waals surface area contributed by atoms with Crippen molar-refractivity contribution < 1.29 is 13.9 Å². The highest BCUT2D eigenvalue weighted by molar-refractivity contribution is 14.1. The lowest BCUT2D eigenvalue weighted by Gasteiger charge is -2.33. The molecule has 11 heteroatoms.